The van der Waals surface area contributed by atoms with Crippen LogP contribution in [0.25, 0.3) is 33.4 Å². The van der Waals surface area contributed by atoms with Gasteiger partial charge in [-0.05, 0) is 29.2 Å². The van der Waals surface area contributed by atoms with Crippen LogP contribution < -0.4 is 0 Å². The Balaban J connectivity index is 1.88. The average Bonchev–Trinajstić information content (AvgIpc) is 2.68. The Labute approximate surface area is 148 Å². The highest BCUT2D eigenvalue weighted by Crippen LogP contribution is 2.28. The maximum absolute atomic E-state index is 4.89. The molecule has 2 heteroatoms. The number of hydrogen-bond acceptors (Lipinski definition) is 2. The molecule has 0 saturated heterocycles. The first-order valence-corrected chi connectivity index (χ1v) is 8.65. The van der Waals surface area contributed by atoms with Gasteiger partial charge in [-0.2, -0.15) is 0 Å². The molecule has 0 radical (unpaired) electrons. The van der Waals surface area contributed by atoms with Crippen molar-refractivity contribution < 1.29 is 0 Å². The summed E-state index contributed by atoms with van der Waals surface area (Å²) < 4.78 is 0. The molecule has 4 rings (SSSR count). The van der Waals surface area contributed by atoms with E-state index in [2.05, 4.69) is 74.5 Å². The fourth-order valence-electron chi connectivity index (χ4n) is 3.14. The number of fused-ring (bicyclic) bond motifs is 1. The Morgan fingerprint density at radius 2 is 1.32 bits per heavy atom. The molecule has 0 saturated carbocycles. The lowest BCUT2D eigenvalue weighted by molar-refractivity contribution is 0.831. The normalized spacial score (nSPS) is 11.2. The van der Waals surface area contributed by atoms with Gasteiger partial charge in [-0.1, -0.05) is 80.6 Å². The van der Waals surface area contributed by atoms with Gasteiger partial charge in [0.25, 0.3) is 0 Å². The van der Waals surface area contributed by atoms with E-state index in [1.54, 1.807) is 0 Å². The highest BCUT2D eigenvalue weighted by molar-refractivity contribution is 5.83. The summed E-state index contributed by atoms with van der Waals surface area (Å²) in [4.78, 5) is 9.71. The Hall–Kier alpha value is -3.00. The summed E-state index contributed by atoms with van der Waals surface area (Å²) in [6.07, 6.45) is 0. The second-order valence-corrected chi connectivity index (χ2v) is 6.55. The predicted molar refractivity (Wildman–Crippen MR) is 104 cm³/mol. The summed E-state index contributed by atoms with van der Waals surface area (Å²) in [5.74, 6) is 1.14. The third-order valence-electron chi connectivity index (χ3n) is 4.41. The van der Waals surface area contributed by atoms with Gasteiger partial charge in [0.15, 0.2) is 5.82 Å². The molecule has 0 N–H and O–H groups in total. The Kier molecular flexibility index (Phi) is 4.02. The molecular formula is C23H20N2. The van der Waals surface area contributed by atoms with Crippen molar-refractivity contribution >= 4 is 10.9 Å². The van der Waals surface area contributed by atoms with Crippen LogP contribution in [0.5, 0.6) is 0 Å². The van der Waals surface area contributed by atoms with E-state index >= 15 is 0 Å². The molecule has 0 unspecified atom stereocenters. The number of hydrogen-bond donors (Lipinski definition) is 0. The average molecular weight is 324 g/mol. The number of aromatic nitrogens is 2. The summed E-state index contributed by atoms with van der Waals surface area (Å²) in [5, 5.41) is 1.14. The molecule has 122 valence electrons. The summed E-state index contributed by atoms with van der Waals surface area (Å²) in [6.45, 7) is 4.36. The van der Waals surface area contributed by atoms with Crippen molar-refractivity contribution in [3.05, 3.63) is 84.6 Å². The summed E-state index contributed by atoms with van der Waals surface area (Å²) in [6, 6.07) is 27.1. The molecule has 2 nitrogen and oxygen atoms in total. The lowest BCUT2D eigenvalue weighted by Crippen LogP contribution is -2.00. The number of rotatable bonds is 3. The third-order valence-corrected chi connectivity index (χ3v) is 4.41. The zero-order chi connectivity index (χ0) is 17.2. The van der Waals surface area contributed by atoms with E-state index in [0.717, 1.165) is 28.0 Å². The molecule has 25 heavy (non-hydrogen) atoms. The highest BCUT2D eigenvalue weighted by Gasteiger charge is 2.12. The van der Waals surface area contributed by atoms with Gasteiger partial charge >= 0.3 is 0 Å². The van der Waals surface area contributed by atoms with Gasteiger partial charge in [0.2, 0.25) is 0 Å². The zero-order valence-electron chi connectivity index (χ0n) is 14.5. The van der Waals surface area contributed by atoms with Crippen LogP contribution in [-0.4, -0.2) is 9.97 Å². The van der Waals surface area contributed by atoms with Crippen molar-refractivity contribution in [3.63, 3.8) is 0 Å². The van der Waals surface area contributed by atoms with Gasteiger partial charge in [0, 0.05) is 10.9 Å². The second kappa shape index (κ2) is 6.48. The standard InChI is InChI=1S/C23H20N2/c1-16(2)22-20-13-6-7-14-21(20)24-23(25-22)19-12-8-11-18(15-19)17-9-4-3-5-10-17/h3-16H,1-2H3. The van der Waals surface area contributed by atoms with Crippen molar-refractivity contribution in [2.45, 2.75) is 19.8 Å². The molecular weight excluding hydrogens is 304 g/mol. The molecule has 0 fully saturated rings. The lowest BCUT2D eigenvalue weighted by Gasteiger charge is -2.12. The lowest BCUT2D eigenvalue weighted by atomic mass is 10.0. The first-order valence-electron chi connectivity index (χ1n) is 8.65. The molecule has 1 aromatic heterocycles. The van der Waals surface area contributed by atoms with Gasteiger partial charge in [0.05, 0.1) is 11.2 Å². The van der Waals surface area contributed by atoms with Crippen LogP contribution in [0.4, 0.5) is 0 Å². The van der Waals surface area contributed by atoms with E-state index in [0.29, 0.717) is 5.92 Å². The number of benzene rings is 3. The molecule has 0 aliphatic heterocycles. The summed E-state index contributed by atoms with van der Waals surface area (Å²) in [7, 11) is 0. The van der Waals surface area contributed by atoms with Gasteiger partial charge in [-0.15, -0.1) is 0 Å². The van der Waals surface area contributed by atoms with Crippen molar-refractivity contribution in [1.29, 1.82) is 0 Å². The SMILES string of the molecule is CC(C)c1nc(-c2cccc(-c3ccccc3)c2)nc2ccccc12. The fraction of sp³-hybridized carbons (Fsp3) is 0.130. The molecule has 1 heterocycles. The van der Waals surface area contributed by atoms with Gasteiger partial charge in [0.1, 0.15) is 0 Å². The predicted octanol–water partition coefficient (Wildman–Crippen LogP) is 6.09. The van der Waals surface area contributed by atoms with E-state index in [-0.39, 0.29) is 0 Å². The van der Waals surface area contributed by atoms with E-state index in [4.69, 9.17) is 9.97 Å². The van der Waals surface area contributed by atoms with E-state index in [1.807, 2.05) is 18.2 Å². The quantitative estimate of drug-likeness (QED) is 0.456. The molecule has 0 amide bonds. The van der Waals surface area contributed by atoms with Gasteiger partial charge < -0.3 is 0 Å². The molecule has 0 aliphatic rings. The van der Waals surface area contributed by atoms with Crippen LogP contribution >= 0.6 is 0 Å². The van der Waals surface area contributed by atoms with Gasteiger partial charge in [-0.25, -0.2) is 9.97 Å². The number of para-hydroxylation sites is 1. The van der Waals surface area contributed by atoms with E-state index in [1.165, 1.54) is 11.1 Å². The molecule has 4 aromatic rings. The molecule has 0 atom stereocenters. The Bertz CT molecular complexity index is 1020. The third kappa shape index (κ3) is 3.03. The first-order chi connectivity index (χ1) is 12.2. The maximum Gasteiger partial charge on any atom is 0.160 e. The van der Waals surface area contributed by atoms with E-state index in [9.17, 15) is 0 Å². The van der Waals surface area contributed by atoms with Crippen molar-refractivity contribution in [2.24, 2.45) is 0 Å². The zero-order valence-corrected chi connectivity index (χ0v) is 14.5. The summed E-state index contributed by atoms with van der Waals surface area (Å²) >= 11 is 0. The van der Waals surface area contributed by atoms with Gasteiger partial charge in [-0.3, -0.25) is 0 Å². The minimum atomic E-state index is 0.351. The van der Waals surface area contributed by atoms with Crippen LogP contribution in [0.3, 0.4) is 0 Å². The van der Waals surface area contributed by atoms with Crippen LogP contribution in [0.1, 0.15) is 25.5 Å². The second-order valence-electron chi connectivity index (χ2n) is 6.55. The largest absolute Gasteiger partial charge is 0.232 e. The Morgan fingerprint density at radius 3 is 2.12 bits per heavy atom. The van der Waals surface area contributed by atoms with Crippen LogP contribution in [0, 0.1) is 0 Å². The molecule has 0 spiro atoms. The van der Waals surface area contributed by atoms with Crippen molar-refractivity contribution in [2.75, 3.05) is 0 Å². The topological polar surface area (TPSA) is 25.8 Å². The van der Waals surface area contributed by atoms with Crippen molar-refractivity contribution in [3.8, 4) is 22.5 Å². The van der Waals surface area contributed by atoms with Crippen molar-refractivity contribution in [1.82, 2.24) is 9.97 Å². The maximum atomic E-state index is 4.89. The molecule has 0 aliphatic carbocycles. The molecule has 3 aromatic carbocycles. The van der Waals surface area contributed by atoms with E-state index < -0.39 is 0 Å². The first kappa shape index (κ1) is 15.5. The molecule has 0 bridgehead atoms. The highest BCUT2D eigenvalue weighted by atomic mass is 14.9. The monoisotopic (exact) mass is 324 g/mol. The fourth-order valence-corrected chi connectivity index (χ4v) is 3.14. The van der Waals surface area contributed by atoms with Crippen LogP contribution in [0.15, 0.2) is 78.9 Å². The Morgan fingerprint density at radius 1 is 0.640 bits per heavy atom. The smallest absolute Gasteiger partial charge is 0.160 e. The minimum absolute atomic E-state index is 0.351. The van der Waals surface area contributed by atoms with Crippen LogP contribution in [-0.2, 0) is 0 Å². The number of nitrogens with zero attached hydrogens (tertiary/aromatic N) is 2. The van der Waals surface area contributed by atoms with Crippen LogP contribution in [0.2, 0.25) is 0 Å². The summed E-state index contributed by atoms with van der Waals surface area (Å²) in [5.41, 5.74) is 5.54. The minimum Gasteiger partial charge on any atom is -0.232 e.